The van der Waals surface area contributed by atoms with E-state index in [0.29, 0.717) is 35.7 Å². The molecule has 0 saturated heterocycles. The van der Waals surface area contributed by atoms with Crippen LogP contribution < -0.4 is 15.4 Å². The van der Waals surface area contributed by atoms with Crippen LogP contribution in [0.1, 0.15) is 12.8 Å². The van der Waals surface area contributed by atoms with Gasteiger partial charge in [0, 0.05) is 40.1 Å². The van der Waals surface area contributed by atoms with Gasteiger partial charge in [-0.25, -0.2) is 9.37 Å². The Kier molecular flexibility index (Phi) is 6.08. The van der Waals surface area contributed by atoms with Gasteiger partial charge < -0.3 is 15.4 Å². The summed E-state index contributed by atoms with van der Waals surface area (Å²) in [7, 11) is 0. The number of ether oxygens (including phenoxy) is 1. The SMILES string of the molecule is O=C(Nc1ccc(F)cc1)C1(C(=O)Nc2ccc(Oc3ccnc4cc(-c5cnc6[nH]ncc6c5)ccc34)cc2)CC1. The van der Waals surface area contributed by atoms with E-state index in [1.807, 2.05) is 24.3 Å². The van der Waals surface area contributed by atoms with Crippen LogP contribution in [0.15, 0.2) is 97.5 Å². The van der Waals surface area contributed by atoms with Crippen LogP contribution in [-0.2, 0) is 9.59 Å². The molecule has 9 nitrogen and oxygen atoms in total. The first-order valence-electron chi connectivity index (χ1n) is 13.3. The van der Waals surface area contributed by atoms with E-state index >= 15 is 0 Å². The van der Waals surface area contributed by atoms with Crippen molar-refractivity contribution in [3.63, 3.8) is 0 Å². The quantitative estimate of drug-likeness (QED) is 0.193. The van der Waals surface area contributed by atoms with Crippen molar-refractivity contribution in [3.8, 4) is 22.6 Å². The minimum absolute atomic E-state index is 0.381. The Morgan fingerprint density at radius 3 is 2.24 bits per heavy atom. The van der Waals surface area contributed by atoms with E-state index in [4.69, 9.17) is 4.74 Å². The monoisotopic (exact) mass is 558 g/mol. The maximum absolute atomic E-state index is 13.2. The number of pyridine rings is 2. The molecule has 10 heteroatoms. The molecule has 0 bridgehead atoms. The second-order valence-corrected chi connectivity index (χ2v) is 10.2. The van der Waals surface area contributed by atoms with E-state index in [9.17, 15) is 14.0 Å². The zero-order valence-electron chi connectivity index (χ0n) is 22.1. The standard InChI is InChI=1S/C32H23FN6O3/c33-22-2-4-23(5-3-22)37-30(40)32(12-13-32)31(41)38-24-6-8-25(9-7-24)42-28-11-14-34-27-16-19(1-10-26(27)28)20-15-21-18-36-39-29(21)35-17-20/h1-11,14-18H,12-13H2,(H,37,40)(H,38,41)(H,35,36,39). The predicted molar refractivity (Wildman–Crippen MR) is 156 cm³/mol. The van der Waals surface area contributed by atoms with Crippen molar-refractivity contribution < 1.29 is 18.7 Å². The van der Waals surface area contributed by atoms with Crippen molar-refractivity contribution in [2.45, 2.75) is 12.8 Å². The molecule has 0 unspecified atom stereocenters. The first-order chi connectivity index (χ1) is 20.5. The first-order valence-corrected chi connectivity index (χ1v) is 13.3. The zero-order valence-corrected chi connectivity index (χ0v) is 22.1. The average Bonchev–Trinajstić information content (AvgIpc) is 3.70. The lowest BCUT2D eigenvalue weighted by molar-refractivity contribution is -0.131. The van der Waals surface area contributed by atoms with E-state index in [1.165, 1.54) is 24.3 Å². The van der Waals surface area contributed by atoms with Gasteiger partial charge >= 0.3 is 0 Å². The molecule has 3 aromatic heterocycles. The Morgan fingerprint density at radius 1 is 0.810 bits per heavy atom. The first kappa shape index (κ1) is 25.3. The minimum Gasteiger partial charge on any atom is -0.457 e. The summed E-state index contributed by atoms with van der Waals surface area (Å²) in [4.78, 5) is 34.8. The number of benzene rings is 3. The fraction of sp³-hybridized carbons (Fsp3) is 0.0938. The Bertz CT molecular complexity index is 1970. The molecule has 3 heterocycles. The molecular weight excluding hydrogens is 535 g/mol. The summed E-state index contributed by atoms with van der Waals surface area (Å²) in [5.74, 6) is 0.0324. The van der Waals surface area contributed by atoms with Gasteiger partial charge in [-0.3, -0.25) is 19.7 Å². The molecule has 7 rings (SSSR count). The minimum atomic E-state index is -1.14. The molecule has 42 heavy (non-hydrogen) atoms. The van der Waals surface area contributed by atoms with Crippen LogP contribution >= 0.6 is 0 Å². The molecule has 2 amide bonds. The number of aromatic amines is 1. The van der Waals surface area contributed by atoms with Gasteiger partial charge in [0.2, 0.25) is 11.8 Å². The van der Waals surface area contributed by atoms with Gasteiger partial charge in [0.1, 0.15) is 22.7 Å². The molecule has 3 N–H and O–H groups in total. The number of fused-ring (bicyclic) bond motifs is 2. The fourth-order valence-corrected chi connectivity index (χ4v) is 4.84. The van der Waals surface area contributed by atoms with Crippen LogP contribution in [0.3, 0.4) is 0 Å². The van der Waals surface area contributed by atoms with E-state index < -0.39 is 17.1 Å². The summed E-state index contributed by atoms with van der Waals surface area (Å²) >= 11 is 0. The number of anilines is 2. The second kappa shape index (κ2) is 10.1. The molecule has 0 aliphatic heterocycles. The number of hydrogen-bond acceptors (Lipinski definition) is 6. The topological polar surface area (TPSA) is 122 Å². The number of amides is 2. The van der Waals surface area contributed by atoms with Gasteiger partial charge in [-0.2, -0.15) is 5.10 Å². The highest BCUT2D eigenvalue weighted by Crippen LogP contribution is 2.47. The largest absolute Gasteiger partial charge is 0.457 e. The lowest BCUT2D eigenvalue weighted by Gasteiger charge is -2.16. The molecule has 6 aromatic rings. The summed E-state index contributed by atoms with van der Waals surface area (Å²) in [6, 6.07) is 22.2. The summed E-state index contributed by atoms with van der Waals surface area (Å²) in [5.41, 5.74) is 3.28. The third-order valence-electron chi connectivity index (χ3n) is 7.39. The van der Waals surface area contributed by atoms with Crippen molar-refractivity contribution in [2.75, 3.05) is 10.6 Å². The van der Waals surface area contributed by atoms with Crippen molar-refractivity contribution in [3.05, 3.63) is 103 Å². The van der Waals surface area contributed by atoms with Crippen LogP contribution in [0.5, 0.6) is 11.5 Å². The maximum Gasteiger partial charge on any atom is 0.240 e. The van der Waals surface area contributed by atoms with E-state index in [0.717, 1.165) is 33.1 Å². The molecule has 1 aliphatic rings. The van der Waals surface area contributed by atoms with E-state index in [-0.39, 0.29) is 5.91 Å². The number of nitrogens with one attached hydrogen (secondary N) is 3. The lowest BCUT2D eigenvalue weighted by atomic mass is 10.0. The van der Waals surface area contributed by atoms with Gasteiger partial charge in [0.15, 0.2) is 5.65 Å². The number of halogens is 1. The Morgan fingerprint density at radius 2 is 1.52 bits per heavy atom. The Hall–Kier alpha value is -5.64. The summed E-state index contributed by atoms with van der Waals surface area (Å²) in [5, 5.41) is 14.2. The van der Waals surface area contributed by atoms with E-state index in [2.05, 4.69) is 30.8 Å². The highest BCUT2D eigenvalue weighted by Gasteiger charge is 2.56. The van der Waals surface area contributed by atoms with Crippen LogP contribution in [0.25, 0.3) is 33.1 Å². The molecule has 1 aliphatic carbocycles. The summed E-state index contributed by atoms with van der Waals surface area (Å²) in [6.45, 7) is 0. The number of rotatable bonds is 7. The smallest absolute Gasteiger partial charge is 0.240 e. The highest BCUT2D eigenvalue weighted by molar-refractivity contribution is 6.16. The number of H-pyrrole nitrogens is 1. The second-order valence-electron chi connectivity index (χ2n) is 10.2. The van der Waals surface area contributed by atoms with Crippen LogP contribution in [-0.4, -0.2) is 32.0 Å². The number of aromatic nitrogens is 4. The zero-order chi connectivity index (χ0) is 28.7. The average molecular weight is 559 g/mol. The van der Waals surface area contributed by atoms with Gasteiger partial charge in [0.25, 0.3) is 0 Å². The molecular formula is C32H23FN6O3. The lowest BCUT2D eigenvalue weighted by Crippen LogP contribution is -2.35. The maximum atomic E-state index is 13.2. The van der Waals surface area contributed by atoms with Gasteiger partial charge in [-0.15, -0.1) is 0 Å². The molecule has 1 fully saturated rings. The number of hydrogen-bond donors (Lipinski definition) is 3. The van der Waals surface area contributed by atoms with E-state index in [1.54, 1.807) is 48.9 Å². The number of nitrogens with zero attached hydrogens (tertiary/aromatic N) is 3. The van der Waals surface area contributed by atoms with Crippen LogP contribution in [0, 0.1) is 11.2 Å². The highest BCUT2D eigenvalue weighted by atomic mass is 19.1. The third-order valence-corrected chi connectivity index (χ3v) is 7.39. The van der Waals surface area contributed by atoms with Gasteiger partial charge in [0.05, 0.1) is 11.7 Å². The molecule has 3 aromatic carbocycles. The van der Waals surface area contributed by atoms with Crippen molar-refractivity contribution in [1.29, 1.82) is 0 Å². The van der Waals surface area contributed by atoms with Gasteiger partial charge in [-0.1, -0.05) is 6.07 Å². The number of carbonyl (C=O) groups is 2. The molecule has 0 atom stereocenters. The normalized spacial score (nSPS) is 13.5. The number of carbonyl (C=O) groups excluding carboxylic acids is 2. The predicted octanol–water partition coefficient (Wildman–Crippen LogP) is 6.46. The van der Waals surface area contributed by atoms with Crippen molar-refractivity contribution in [1.82, 2.24) is 20.2 Å². The molecule has 0 radical (unpaired) electrons. The van der Waals surface area contributed by atoms with Crippen LogP contribution in [0.2, 0.25) is 0 Å². The Labute approximate surface area is 238 Å². The Balaban J connectivity index is 1.04. The summed E-state index contributed by atoms with van der Waals surface area (Å²) in [6.07, 6.45) is 6.12. The van der Waals surface area contributed by atoms with Gasteiger partial charge in [-0.05, 0) is 91.2 Å². The molecule has 1 saturated carbocycles. The van der Waals surface area contributed by atoms with Crippen molar-refractivity contribution in [2.24, 2.45) is 5.41 Å². The van der Waals surface area contributed by atoms with Crippen LogP contribution in [0.4, 0.5) is 15.8 Å². The third kappa shape index (κ3) is 4.79. The fourth-order valence-electron chi connectivity index (χ4n) is 4.84. The molecule has 206 valence electrons. The summed E-state index contributed by atoms with van der Waals surface area (Å²) < 4.78 is 19.3. The molecule has 0 spiro atoms. The van der Waals surface area contributed by atoms with Crippen molar-refractivity contribution >= 4 is 45.1 Å².